The number of carboxylic acid groups (broad SMARTS) is 1. The van der Waals surface area contributed by atoms with Gasteiger partial charge in [0.15, 0.2) is 0 Å². The SMILES string of the molecule is N#CCCSCC(=O)Nc1ccc(C(=O)O)cc1. The molecule has 0 saturated heterocycles. The third kappa shape index (κ3) is 4.89. The van der Waals surface area contributed by atoms with Crippen molar-refractivity contribution in [2.24, 2.45) is 0 Å². The molecule has 1 amide bonds. The molecule has 6 heteroatoms. The molecule has 0 radical (unpaired) electrons. The van der Waals surface area contributed by atoms with E-state index in [4.69, 9.17) is 10.4 Å². The van der Waals surface area contributed by atoms with E-state index in [9.17, 15) is 9.59 Å². The van der Waals surface area contributed by atoms with Gasteiger partial charge in [-0.1, -0.05) is 0 Å². The van der Waals surface area contributed by atoms with E-state index in [-0.39, 0.29) is 17.2 Å². The van der Waals surface area contributed by atoms with Crippen LogP contribution in [0.2, 0.25) is 0 Å². The Morgan fingerprint density at radius 3 is 2.56 bits per heavy atom. The molecule has 0 unspecified atom stereocenters. The maximum atomic E-state index is 11.5. The molecule has 0 aromatic heterocycles. The highest BCUT2D eigenvalue weighted by molar-refractivity contribution is 7.99. The zero-order valence-electron chi connectivity index (χ0n) is 9.55. The quantitative estimate of drug-likeness (QED) is 0.767. The van der Waals surface area contributed by atoms with Crippen molar-refractivity contribution in [1.82, 2.24) is 0 Å². The Morgan fingerprint density at radius 1 is 1.33 bits per heavy atom. The van der Waals surface area contributed by atoms with Crippen LogP contribution in [-0.2, 0) is 4.79 Å². The van der Waals surface area contributed by atoms with Gasteiger partial charge in [0.25, 0.3) is 0 Å². The maximum Gasteiger partial charge on any atom is 0.335 e. The number of amides is 1. The van der Waals surface area contributed by atoms with Gasteiger partial charge in [-0.15, -0.1) is 0 Å². The third-order valence-corrected chi connectivity index (χ3v) is 2.97. The van der Waals surface area contributed by atoms with Crippen molar-refractivity contribution in [3.8, 4) is 6.07 Å². The van der Waals surface area contributed by atoms with E-state index in [1.165, 1.54) is 23.9 Å². The molecule has 0 aliphatic carbocycles. The summed E-state index contributed by atoms with van der Waals surface area (Å²) in [5.74, 6) is -0.259. The molecule has 1 aromatic carbocycles. The van der Waals surface area contributed by atoms with Gasteiger partial charge >= 0.3 is 5.97 Å². The van der Waals surface area contributed by atoms with Gasteiger partial charge in [-0.05, 0) is 24.3 Å². The number of carboxylic acids is 1. The topological polar surface area (TPSA) is 90.2 Å². The van der Waals surface area contributed by atoms with Crippen LogP contribution in [0.3, 0.4) is 0 Å². The first-order valence-electron chi connectivity index (χ1n) is 5.21. The first-order valence-corrected chi connectivity index (χ1v) is 6.37. The molecule has 0 heterocycles. The Bertz CT molecular complexity index is 465. The van der Waals surface area contributed by atoms with Crippen LogP contribution in [-0.4, -0.2) is 28.5 Å². The summed E-state index contributed by atoms with van der Waals surface area (Å²) in [5, 5.41) is 19.7. The molecule has 0 spiro atoms. The highest BCUT2D eigenvalue weighted by Gasteiger charge is 2.04. The fourth-order valence-electron chi connectivity index (χ4n) is 1.18. The number of hydrogen-bond acceptors (Lipinski definition) is 4. The fourth-order valence-corrected chi connectivity index (χ4v) is 1.81. The lowest BCUT2D eigenvalue weighted by Crippen LogP contribution is -2.14. The Morgan fingerprint density at radius 2 is 2.00 bits per heavy atom. The first-order chi connectivity index (χ1) is 8.63. The largest absolute Gasteiger partial charge is 0.478 e. The minimum atomic E-state index is -1.00. The molecule has 0 fully saturated rings. The second kappa shape index (κ2) is 7.35. The van der Waals surface area contributed by atoms with Crippen LogP contribution in [0.5, 0.6) is 0 Å². The standard InChI is InChI=1S/C12H12N2O3S/c13-6-1-7-18-8-11(15)14-10-4-2-9(3-5-10)12(16)17/h2-5H,1,7-8H2,(H,14,15)(H,16,17). The summed E-state index contributed by atoms with van der Waals surface area (Å²) in [7, 11) is 0. The number of nitriles is 1. The Labute approximate surface area is 109 Å². The second-order valence-electron chi connectivity index (χ2n) is 3.39. The van der Waals surface area contributed by atoms with E-state index in [0.29, 0.717) is 17.9 Å². The Kier molecular flexibility index (Phi) is 5.74. The molecule has 0 atom stereocenters. The summed E-state index contributed by atoms with van der Waals surface area (Å²) in [5.41, 5.74) is 0.738. The molecule has 2 N–H and O–H groups in total. The van der Waals surface area contributed by atoms with Gasteiger partial charge in [0.1, 0.15) is 0 Å². The lowest BCUT2D eigenvalue weighted by Gasteiger charge is -2.04. The monoisotopic (exact) mass is 264 g/mol. The molecule has 0 saturated carbocycles. The van der Waals surface area contributed by atoms with Crippen LogP contribution in [0.25, 0.3) is 0 Å². The van der Waals surface area contributed by atoms with Gasteiger partial charge in [0.05, 0.1) is 17.4 Å². The Balaban J connectivity index is 2.40. The van der Waals surface area contributed by atoms with Crippen LogP contribution in [0, 0.1) is 11.3 Å². The van der Waals surface area contributed by atoms with Crippen LogP contribution >= 0.6 is 11.8 Å². The van der Waals surface area contributed by atoms with Gasteiger partial charge in [0.2, 0.25) is 5.91 Å². The molecule has 1 aromatic rings. The van der Waals surface area contributed by atoms with Crippen molar-refractivity contribution in [3.63, 3.8) is 0 Å². The number of nitrogens with one attached hydrogen (secondary N) is 1. The van der Waals surface area contributed by atoms with Crippen LogP contribution in [0.1, 0.15) is 16.8 Å². The summed E-state index contributed by atoms with van der Waals surface area (Å²) in [6, 6.07) is 7.95. The number of rotatable bonds is 6. The molecule has 0 aliphatic rings. The van der Waals surface area contributed by atoms with Crippen LogP contribution in [0.15, 0.2) is 24.3 Å². The van der Waals surface area contributed by atoms with E-state index in [1.807, 2.05) is 6.07 Å². The minimum Gasteiger partial charge on any atom is -0.478 e. The van der Waals surface area contributed by atoms with Gasteiger partial charge < -0.3 is 10.4 Å². The molecule has 0 aliphatic heterocycles. The number of carbonyl (C=O) groups is 2. The average Bonchev–Trinajstić information content (AvgIpc) is 2.35. The van der Waals surface area contributed by atoms with E-state index < -0.39 is 5.97 Å². The van der Waals surface area contributed by atoms with Crippen molar-refractivity contribution in [3.05, 3.63) is 29.8 Å². The number of hydrogen-bond donors (Lipinski definition) is 2. The predicted octanol–water partition coefficient (Wildman–Crippen LogP) is 1.97. The molecule has 94 valence electrons. The lowest BCUT2D eigenvalue weighted by atomic mass is 10.2. The molecular weight excluding hydrogens is 252 g/mol. The van der Waals surface area contributed by atoms with Gasteiger partial charge in [-0.2, -0.15) is 17.0 Å². The zero-order chi connectivity index (χ0) is 13.4. The summed E-state index contributed by atoms with van der Waals surface area (Å²) < 4.78 is 0. The predicted molar refractivity (Wildman–Crippen MR) is 69.6 cm³/mol. The van der Waals surface area contributed by atoms with E-state index in [0.717, 1.165) is 0 Å². The van der Waals surface area contributed by atoms with Gasteiger partial charge in [-0.25, -0.2) is 4.79 Å². The van der Waals surface area contributed by atoms with E-state index in [1.54, 1.807) is 12.1 Å². The van der Waals surface area contributed by atoms with E-state index in [2.05, 4.69) is 5.32 Å². The number of benzene rings is 1. The van der Waals surface area contributed by atoms with Crippen LogP contribution in [0.4, 0.5) is 5.69 Å². The van der Waals surface area contributed by atoms with Gasteiger partial charge in [0, 0.05) is 17.9 Å². The van der Waals surface area contributed by atoms with Crippen molar-refractivity contribution < 1.29 is 14.7 Å². The first kappa shape index (κ1) is 14.1. The van der Waals surface area contributed by atoms with E-state index >= 15 is 0 Å². The zero-order valence-corrected chi connectivity index (χ0v) is 10.4. The molecule has 0 bridgehead atoms. The smallest absolute Gasteiger partial charge is 0.335 e. The molecule has 18 heavy (non-hydrogen) atoms. The highest BCUT2D eigenvalue weighted by Crippen LogP contribution is 2.10. The van der Waals surface area contributed by atoms with Crippen molar-refractivity contribution in [2.75, 3.05) is 16.8 Å². The molecule has 1 rings (SSSR count). The normalized spacial score (nSPS) is 9.50. The Hall–Kier alpha value is -2.00. The third-order valence-electron chi connectivity index (χ3n) is 2.01. The summed E-state index contributed by atoms with van der Waals surface area (Å²) in [6.07, 6.45) is 0.422. The van der Waals surface area contributed by atoms with Crippen molar-refractivity contribution in [2.45, 2.75) is 6.42 Å². The fraction of sp³-hybridized carbons (Fsp3) is 0.250. The van der Waals surface area contributed by atoms with Crippen LogP contribution < -0.4 is 5.32 Å². The van der Waals surface area contributed by atoms with Gasteiger partial charge in [-0.3, -0.25) is 4.79 Å². The number of aromatic carboxylic acids is 1. The summed E-state index contributed by atoms with van der Waals surface area (Å²) in [6.45, 7) is 0. The number of anilines is 1. The van der Waals surface area contributed by atoms with Crippen molar-refractivity contribution in [1.29, 1.82) is 5.26 Å². The summed E-state index contributed by atoms with van der Waals surface area (Å²) in [4.78, 5) is 22.1. The summed E-state index contributed by atoms with van der Waals surface area (Å²) >= 11 is 1.38. The minimum absolute atomic E-state index is 0.166. The number of nitrogens with zero attached hydrogens (tertiary/aromatic N) is 1. The molecule has 5 nitrogen and oxygen atoms in total. The van der Waals surface area contributed by atoms with Crippen molar-refractivity contribution >= 4 is 29.3 Å². The molecular formula is C12H12N2O3S. The second-order valence-corrected chi connectivity index (χ2v) is 4.50. The average molecular weight is 264 g/mol. The number of thioether (sulfide) groups is 1. The number of carbonyl (C=O) groups excluding carboxylic acids is 1. The maximum absolute atomic E-state index is 11.5. The lowest BCUT2D eigenvalue weighted by molar-refractivity contribution is -0.113. The highest BCUT2D eigenvalue weighted by atomic mass is 32.2.